The zero-order valence-corrected chi connectivity index (χ0v) is 16.0. The lowest BCUT2D eigenvalue weighted by Gasteiger charge is -2.08. The van der Waals surface area contributed by atoms with Gasteiger partial charge in [0.15, 0.2) is 16.4 Å². The Morgan fingerprint density at radius 2 is 1.82 bits per heavy atom. The monoisotopic (exact) mass is 407 g/mol. The number of benzene rings is 2. The third-order valence-electron chi connectivity index (χ3n) is 3.52. The molecule has 1 amide bonds. The standard InChI is InChI=1S/C19H18FNO6S/c1-12(22)21-15-6-7-16(17(20)9-15)18(23)10-27-19(24)14-5-3-4-13(8-14)11-28(2,25)26/h3-9H,10-11H2,1-2H3,(H,21,22). The van der Waals surface area contributed by atoms with E-state index >= 15 is 0 Å². The van der Waals surface area contributed by atoms with Crippen LogP contribution in [0.15, 0.2) is 42.5 Å². The first-order valence-corrected chi connectivity index (χ1v) is 10.2. The molecule has 7 nitrogen and oxygen atoms in total. The molecule has 0 saturated carbocycles. The predicted molar refractivity (Wildman–Crippen MR) is 100 cm³/mol. The summed E-state index contributed by atoms with van der Waals surface area (Å²) in [7, 11) is -3.27. The van der Waals surface area contributed by atoms with E-state index in [0.717, 1.165) is 12.3 Å². The lowest BCUT2D eigenvalue weighted by atomic mass is 10.1. The Kier molecular flexibility index (Phi) is 6.63. The molecule has 0 aliphatic carbocycles. The van der Waals surface area contributed by atoms with Gasteiger partial charge >= 0.3 is 5.97 Å². The third-order valence-corrected chi connectivity index (χ3v) is 4.37. The first-order chi connectivity index (χ1) is 13.0. The number of Topliss-reactive ketones (excluding diaryl/α,β-unsaturated/α-hetero) is 1. The van der Waals surface area contributed by atoms with Gasteiger partial charge in [-0.2, -0.15) is 0 Å². The van der Waals surface area contributed by atoms with Gasteiger partial charge in [0, 0.05) is 18.9 Å². The van der Waals surface area contributed by atoms with Gasteiger partial charge < -0.3 is 10.1 Å². The zero-order valence-electron chi connectivity index (χ0n) is 15.2. The van der Waals surface area contributed by atoms with Gasteiger partial charge in [-0.1, -0.05) is 12.1 Å². The molecule has 0 aliphatic heterocycles. The second kappa shape index (κ2) is 8.75. The summed E-state index contributed by atoms with van der Waals surface area (Å²) in [4.78, 5) is 35.2. The van der Waals surface area contributed by atoms with Crippen molar-refractivity contribution in [3.8, 4) is 0 Å². The molecular weight excluding hydrogens is 389 g/mol. The van der Waals surface area contributed by atoms with Gasteiger partial charge in [0.05, 0.1) is 16.9 Å². The summed E-state index contributed by atoms with van der Waals surface area (Å²) in [6, 6.07) is 9.36. The molecule has 0 heterocycles. The highest BCUT2D eigenvalue weighted by Gasteiger charge is 2.16. The smallest absolute Gasteiger partial charge is 0.338 e. The van der Waals surface area contributed by atoms with Crippen LogP contribution in [0.3, 0.4) is 0 Å². The van der Waals surface area contributed by atoms with E-state index in [-0.39, 0.29) is 28.5 Å². The largest absolute Gasteiger partial charge is 0.454 e. The Hall–Kier alpha value is -3.07. The highest BCUT2D eigenvalue weighted by Crippen LogP contribution is 2.16. The molecule has 0 unspecified atom stereocenters. The maximum Gasteiger partial charge on any atom is 0.338 e. The van der Waals surface area contributed by atoms with Crippen LogP contribution < -0.4 is 5.32 Å². The molecule has 28 heavy (non-hydrogen) atoms. The van der Waals surface area contributed by atoms with E-state index in [1.807, 2.05) is 0 Å². The molecule has 2 aromatic rings. The van der Waals surface area contributed by atoms with Gasteiger partial charge in [-0.05, 0) is 35.9 Å². The van der Waals surface area contributed by atoms with Gasteiger partial charge in [-0.3, -0.25) is 9.59 Å². The molecule has 0 saturated heterocycles. The number of carbonyl (C=O) groups is 3. The van der Waals surface area contributed by atoms with E-state index in [1.54, 1.807) is 6.07 Å². The van der Waals surface area contributed by atoms with Crippen LogP contribution >= 0.6 is 0 Å². The highest BCUT2D eigenvalue weighted by atomic mass is 32.2. The van der Waals surface area contributed by atoms with Crippen LogP contribution in [0.5, 0.6) is 0 Å². The summed E-state index contributed by atoms with van der Waals surface area (Å²) in [6.45, 7) is 0.576. The van der Waals surface area contributed by atoms with Crippen LogP contribution in [0.1, 0.15) is 33.2 Å². The van der Waals surface area contributed by atoms with Crippen molar-refractivity contribution < 1.29 is 31.9 Å². The van der Waals surface area contributed by atoms with Crippen molar-refractivity contribution in [2.24, 2.45) is 0 Å². The van der Waals surface area contributed by atoms with Gasteiger partial charge in [0.2, 0.25) is 11.7 Å². The number of hydrogen-bond acceptors (Lipinski definition) is 6. The van der Waals surface area contributed by atoms with E-state index in [9.17, 15) is 27.2 Å². The maximum absolute atomic E-state index is 14.0. The van der Waals surface area contributed by atoms with Crippen molar-refractivity contribution in [3.63, 3.8) is 0 Å². The first kappa shape index (κ1) is 21.2. The number of esters is 1. The minimum absolute atomic E-state index is 0.0791. The highest BCUT2D eigenvalue weighted by molar-refractivity contribution is 7.89. The maximum atomic E-state index is 14.0. The fourth-order valence-electron chi connectivity index (χ4n) is 2.41. The van der Waals surface area contributed by atoms with Crippen molar-refractivity contribution in [2.75, 3.05) is 18.2 Å². The number of hydrogen-bond donors (Lipinski definition) is 1. The second-order valence-corrected chi connectivity index (χ2v) is 8.29. The molecule has 148 valence electrons. The van der Waals surface area contributed by atoms with Crippen molar-refractivity contribution in [1.29, 1.82) is 0 Å². The van der Waals surface area contributed by atoms with Crippen LogP contribution in [0.2, 0.25) is 0 Å². The summed E-state index contributed by atoms with van der Waals surface area (Å²) < 4.78 is 41.6. The van der Waals surface area contributed by atoms with Crippen molar-refractivity contribution >= 4 is 33.2 Å². The van der Waals surface area contributed by atoms with Gasteiger partial charge in [-0.25, -0.2) is 17.6 Å². The number of sulfone groups is 1. The van der Waals surface area contributed by atoms with Crippen LogP contribution in [0, 0.1) is 5.82 Å². The van der Waals surface area contributed by atoms with Crippen LogP contribution in [-0.4, -0.2) is 38.9 Å². The molecule has 0 fully saturated rings. The van der Waals surface area contributed by atoms with E-state index in [2.05, 4.69) is 5.32 Å². The Morgan fingerprint density at radius 3 is 2.43 bits per heavy atom. The number of nitrogens with one attached hydrogen (secondary N) is 1. The summed E-state index contributed by atoms with van der Waals surface area (Å²) in [5.41, 5.74) is 0.396. The fraction of sp³-hybridized carbons (Fsp3) is 0.211. The number of anilines is 1. The first-order valence-electron chi connectivity index (χ1n) is 8.09. The van der Waals surface area contributed by atoms with Crippen LogP contribution in [0.4, 0.5) is 10.1 Å². The quantitative estimate of drug-likeness (QED) is 0.558. The zero-order chi connectivity index (χ0) is 20.9. The van der Waals surface area contributed by atoms with Gasteiger partial charge in [0.1, 0.15) is 5.82 Å². The minimum Gasteiger partial charge on any atom is -0.454 e. The van der Waals surface area contributed by atoms with E-state index in [0.29, 0.717) is 5.56 Å². The van der Waals surface area contributed by atoms with E-state index < -0.39 is 34.0 Å². The lowest BCUT2D eigenvalue weighted by Crippen LogP contribution is -2.16. The summed E-state index contributed by atoms with van der Waals surface area (Å²) in [5.74, 6) is -3.07. The Labute approximate surface area is 161 Å². The average Bonchev–Trinajstić information content (AvgIpc) is 2.57. The number of amides is 1. The minimum atomic E-state index is -3.27. The Balaban J connectivity index is 2.04. The molecular formula is C19H18FNO6S. The number of ketones is 1. The third kappa shape index (κ3) is 6.27. The topological polar surface area (TPSA) is 107 Å². The van der Waals surface area contributed by atoms with Gasteiger partial charge in [-0.15, -0.1) is 0 Å². The normalized spacial score (nSPS) is 11.0. The number of carbonyl (C=O) groups excluding carboxylic acids is 3. The predicted octanol–water partition coefficient (Wildman–Crippen LogP) is 2.37. The molecule has 0 bridgehead atoms. The van der Waals surface area contributed by atoms with E-state index in [1.165, 1.54) is 37.3 Å². The summed E-state index contributed by atoms with van der Waals surface area (Å²) >= 11 is 0. The van der Waals surface area contributed by atoms with E-state index in [4.69, 9.17) is 4.74 Å². The Bertz CT molecular complexity index is 1030. The number of rotatable bonds is 7. The number of ether oxygens (including phenoxy) is 1. The molecule has 9 heteroatoms. The molecule has 0 spiro atoms. The van der Waals surface area contributed by atoms with Gasteiger partial charge in [0.25, 0.3) is 0 Å². The SMILES string of the molecule is CC(=O)Nc1ccc(C(=O)COC(=O)c2cccc(CS(C)(=O)=O)c2)c(F)c1. The molecule has 2 rings (SSSR count). The van der Waals surface area contributed by atoms with Crippen molar-refractivity contribution in [1.82, 2.24) is 0 Å². The van der Waals surface area contributed by atoms with Crippen molar-refractivity contribution in [3.05, 3.63) is 65.0 Å². The molecule has 1 N–H and O–H groups in total. The summed E-state index contributed by atoms with van der Waals surface area (Å²) in [5, 5.41) is 2.39. The molecule has 0 aliphatic rings. The molecule has 2 aromatic carbocycles. The van der Waals surface area contributed by atoms with Crippen molar-refractivity contribution in [2.45, 2.75) is 12.7 Å². The Morgan fingerprint density at radius 1 is 1.11 bits per heavy atom. The summed E-state index contributed by atoms with van der Waals surface area (Å²) in [6.07, 6.45) is 1.07. The molecule has 0 radical (unpaired) electrons. The lowest BCUT2D eigenvalue weighted by molar-refractivity contribution is -0.114. The number of halogens is 1. The fourth-order valence-corrected chi connectivity index (χ4v) is 3.19. The molecule has 0 aromatic heterocycles. The average molecular weight is 407 g/mol. The van der Waals surface area contributed by atoms with Crippen LogP contribution in [0.25, 0.3) is 0 Å². The molecule has 0 atom stereocenters. The van der Waals surface area contributed by atoms with Crippen LogP contribution in [-0.2, 0) is 25.1 Å². The second-order valence-electron chi connectivity index (χ2n) is 6.15.